The average Bonchev–Trinajstić information content (AvgIpc) is 2.87. The van der Waals surface area contributed by atoms with Gasteiger partial charge in [0.15, 0.2) is 17.5 Å². The molecule has 0 fully saturated rings. The number of hydrogen-bond acceptors (Lipinski definition) is 4. The van der Waals surface area contributed by atoms with Crippen LogP contribution in [0.2, 0.25) is 0 Å². The van der Waals surface area contributed by atoms with E-state index in [9.17, 15) is 5.11 Å². The molecule has 0 radical (unpaired) electrons. The van der Waals surface area contributed by atoms with Gasteiger partial charge in [0.25, 0.3) is 0 Å². The van der Waals surface area contributed by atoms with Crippen LogP contribution in [0.5, 0.6) is 11.5 Å². The van der Waals surface area contributed by atoms with E-state index < -0.39 is 0 Å². The summed E-state index contributed by atoms with van der Waals surface area (Å²) in [6, 6.07) is 5.60. The van der Waals surface area contributed by atoms with Crippen LogP contribution >= 0.6 is 0 Å². The molecule has 7 heteroatoms. The summed E-state index contributed by atoms with van der Waals surface area (Å²) in [5.41, 5.74) is 4.23. The molecule has 0 saturated carbocycles. The van der Waals surface area contributed by atoms with Crippen LogP contribution < -0.4 is 15.4 Å². The maximum Gasteiger partial charge on any atom is 0.191 e. The molecule has 27 heavy (non-hydrogen) atoms. The van der Waals surface area contributed by atoms with Crippen molar-refractivity contribution < 1.29 is 9.84 Å². The van der Waals surface area contributed by atoms with Crippen LogP contribution in [0.1, 0.15) is 36.4 Å². The summed E-state index contributed by atoms with van der Waals surface area (Å²) in [6.45, 7) is 9.40. The monoisotopic (exact) mass is 373 g/mol. The Balaban J connectivity index is 2.09. The fourth-order valence-electron chi connectivity index (χ4n) is 3.05. The molecule has 0 bridgehead atoms. The van der Waals surface area contributed by atoms with E-state index >= 15 is 0 Å². The highest BCUT2D eigenvalue weighted by molar-refractivity contribution is 5.80. The zero-order valence-electron chi connectivity index (χ0n) is 17.1. The number of benzene rings is 1. The largest absolute Gasteiger partial charge is 0.504 e. The molecule has 2 rings (SSSR count). The van der Waals surface area contributed by atoms with Gasteiger partial charge in [0.2, 0.25) is 0 Å². The SMILES string of the molecule is CCNC(=NCc1cccc(OC)c1O)NC(C)Cc1c(C)nn(C)c1C. The quantitative estimate of drug-likeness (QED) is 0.513. The van der Waals surface area contributed by atoms with Gasteiger partial charge in [-0.2, -0.15) is 5.10 Å². The van der Waals surface area contributed by atoms with Crippen molar-refractivity contribution in [3.8, 4) is 11.5 Å². The predicted octanol–water partition coefficient (Wildman–Crippen LogP) is 2.44. The number of methoxy groups -OCH3 is 1. The molecule has 148 valence electrons. The van der Waals surface area contributed by atoms with Crippen LogP contribution in [0.15, 0.2) is 23.2 Å². The number of aliphatic imine (C=N–C) groups is 1. The lowest BCUT2D eigenvalue weighted by Gasteiger charge is -2.18. The van der Waals surface area contributed by atoms with E-state index in [-0.39, 0.29) is 11.8 Å². The molecule has 3 N–H and O–H groups in total. The number of aromatic nitrogens is 2. The Morgan fingerprint density at radius 1 is 1.37 bits per heavy atom. The third-order valence-corrected chi connectivity index (χ3v) is 4.61. The molecule has 0 aliphatic heterocycles. The van der Waals surface area contributed by atoms with Crippen molar-refractivity contribution in [1.82, 2.24) is 20.4 Å². The smallest absolute Gasteiger partial charge is 0.191 e. The van der Waals surface area contributed by atoms with Gasteiger partial charge < -0.3 is 20.5 Å². The highest BCUT2D eigenvalue weighted by Gasteiger charge is 2.14. The van der Waals surface area contributed by atoms with Crippen molar-refractivity contribution in [1.29, 1.82) is 0 Å². The van der Waals surface area contributed by atoms with Crippen molar-refractivity contribution in [2.75, 3.05) is 13.7 Å². The minimum atomic E-state index is 0.134. The Labute approximate surface area is 161 Å². The Hall–Kier alpha value is -2.70. The zero-order chi connectivity index (χ0) is 20.0. The number of hydrogen-bond donors (Lipinski definition) is 3. The number of phenolic OH excluding ortho intramolecular Hbond substituents is 1. The zero-order valence-corrected chi connectivity index (χ0v) is 17.1. The van der Waals surface area contributed by atoms with E-state index in [0.717, 1.165) is 24.2 Å². The number of aryl methyl sites for hydroxylation is 2. The van der Waals surface area contributed by atoms with Crippen LogP contribution in [0.25, 0.3) is 0 Å². The number of aromatic hydroxyl groups is 1. The van der Waals surface area contributed by atoms with E-state index in [4.69, 9.17) is 4.74 Å². The van der Waals surface area contributed by atoms with Crippen LogP contribution in [0.4, 0.5) is 0 Å². The van der Waals surface area contributed by atoms with Crippen molar-refractivity contribution in [2.45, 2.75) is 46.7 Å². The molecule has 7 nitrogen and oxygen atoms in total. The van der Waals surface area contributed by atoms with Gasteiger partial charge in [-0.25, -0.2) is 4.99 Å². The van der Waals surface area contributed by atoms with Gasteiger partial charge in [-0.05, 0) is 45.7 Å². The minimum Gasteiger partial charge on any atom is -0.504 e. The third kappa shape index (κ3) is 5.15. The molecule has 1 unspecified atom stereocenters. The van der Waals surface area contributed by atoms with Crippen molar-refractivity contribution in [3.05, 3.63) is 40.7 Å². The molecule has 1 aromatic heterocycles. The summed E-state index contributed by atoms with van der Waals surface area (Å²) in [5, 5.41) is 21.4. The van der Waals surface area contributed by atoms with Crippen molar-refractivity contribution in [2.24, 2.45) is 12.0 Å². The van der Waals surface area contributed by atoms with Crippen LogP contribution in [0, 0.1) is 13.8 Å². The summed E-state index contributed by atoms with van der Waals surface area (Å²) in [5.74, 6) is 1.30. The second-order valence-corrected chi connectivity index (χ2v) is 6.69. The van der Waals surface area contributed by atoms with Gasteiger partial charge in [-0.15, -0.1) is 0 Å². The Bertz CT molecular complexity index is 798. The highest BCUT2D eigenvalue weighted by atomic mass is 16.5. The maximum atomic E-state index is 10.2. The summed E-state index contributed by atoms with van der Waals surface area (Å²) in [6.07, 6.45) is 0.861. The molecule has 0 amide bonds. The number of para-hydroxylation sites is 1. The van der Waals surface area contributed by atoms with E-state index in [1.54, 1.807) is 6.07 Å². The molecular formula is C20H31N5O2. The fourth-order valence-corrected chi connectivity index (χ4v) is 3.05. The molecule has 0 saturated heterocycles. The first kappa shape index (κ1) is 20.6. The fraction of sp³-hybridized carbons (Fsp3) is 0.500. The van der Waals surface area contributed by atoms with Crippen LogP contribution in [0.3, 0.4) is 0 Å². The third-order valence-electron chi connectivity index (χ3n) is 4.61. The summed E-state index contributed by atoms with van der Waals surface area (Å²) in [7, 11) is 3.51. The molecule has 0 aliphatic carbocycles. The van der Waals surface area contributed by atoms with Crippen molar-refractivity contribution >= 4 is 5.96 Å². The number of ether oxygens (including phenoxy) is 1. The maximum absolute atomic E-state index is 10.2. The molecule has 1 heterocycles. The van der Waals surface area contributed by atoms with Gasteiger partial charge in [0.1, 0.15) is 0 Å². The van der Waals surface area contributed by atoms with Gasteiger partial charge in [0.05, 0.1) is 19.3 Å². The summed E-state index contributed by atoms with van der Waals surface area (Å²) in [4.78, 5) is 4.61. The number of rotatable bonds is 7. The van der Waals surface area contributed by atoms with Gasteiger partial charge in [-0.3, -0.25) is 4.68 Å². The minimum absolute atomic E-state index is 0.134. The van der Waals surface area contributed by atoms with Gasteiger partial charge >= 0.3 is 0 Å². The number of phenols is 1. The van der Waals surface area contributed by atoms with Gasteiger partial charge in [0, 0.05) is 30.9 Å². The molecule has 1 aromatic carbocycles. The first-order valence-corrected chi connectivity index (χ1v) is 9.26. The molecule has 1 atom stereocenters. The Morgan fingerprint density at radius 3 is 2.70 bits per heavy atom. The van der Waals surface area contributed by atoms with Gasteiger partial charge in [-0.1, -0.05) is 12.1 Å². The van der Waals surface area contributed by atoms with E-state index in [1.165, 1.54) is 18.4 Å². The highest BCUT2D eigenvalue weighted by Crippen LogP contribution is 2.29. The van der Waals surface area contributed by atoms with Crippen molar-refractivity contribution in [3.63, 3.8) is 0 Å². The normalized spacial score (nSPS) is 12.7. The Morgan fingerprint density at radius 2 is 2.11 bits per heavy atom. The molecule has 2 aromatic rings. The molecule has 0 spiro atoms. The lowest BCUT2D eigenvalue weighted by molar-refractivity contribution is 0.370. The first-order chi connectivity index (χ1) is 12.9. The second kappa shape index (κ2) is 9.30. The van der Waals surface area contributed by atoms with Crippen LogP contribution in [-0.4, -0.2) is 40.5 Å². The topological polar surface area (TPSA) is 83.7 Å². The molecule has 0 aliphatic rings. The van der Waals surface area contributed by atoms with E-state index in [1.807, 2.05) is 37.7 Å². The van der Waals surface area contributed by atoms with E-state index in [2.05, 4.69) is 34.6 Å². The summed E-state index contributed by atoms with van der Waals surface area (Å²) < 4.78 is 7.08. The van der Waals surface area contributed by atoms with Crippen LogP contribution in [-0.2, 0) is 20.0 Å². The van der Waals surface area contributed by atoms with E-state index in [0.29, 0.717) is 18.3 Å². The Kier molecular flexibility index (Phi) is 7.10. The standard InChI is InChI=1S/C20H31N5O2/c1-7-21-20(22-12-16-9-8-10-18(27-6)19(16)26)23-13(2)11-17-14(3)24-25(5)15(17)4/h8-10,13,26H,7,11-12H2,1-6H3,(H2,21,22,23). The second-order valence-electron chi connectivity index (χ2n) is 6.69. The number of nitrogens with zero attached hydrogens (tertiary/aromatic N) is 3. The number of guanidine groups is 1. The predicted molar refractivity (Wildman–Crippen MR) is 108 cm³/mol. The lowest BCUT2D eigenvalue weighted by Crippen LogP contribution is -2.43. The average molecular weight is 374 g/mol. The lowest BCUT2D eigenvalue weighted by atomic mass is 10.1. The number of nitrogens with one attached hydrogen (secondary N) is 2. The first-order valence-electron chi connectivity index (χ1n) is 9.26. The molecular weight excluding hydrogens is 342 g/mol. The summed E-state index contributed by atoms with van der Waals surface area (Å²) >= 11 is 0.